The number of hydrogen-bond acceptors (Lipinski definition) is 3. The number of carboxylic acids is 1. The first-order chi connectivity index (χ1) is 5.04. The minimum absolute atomic E-state index is 0.0216. The Hall–Kier alpha value is -0.620. The Balaban J connectivity index is 3.29. The highest BCUT2D eigenvalue weighted by Gasteiger charge is 2.25. The van der Waals surface area contributed by atoms with E-state index >= 15 is 0 Å². The Morgan fingerprint density at radius 2 is 2.36 bits per heavy atom. The lowest BCUT2D eigenvalue weighted by Gasteiger charge is -1.79. The largest absolute Gasteiger partial charge is 0.476 e. The van der Waals surface area contributed by atoms with E-state index in [1.54, 1.807) is 0 Å². The van der Waals surface area contributed by atoms with E-state index in [9.17, 15) is 4.79 Å². The lowest BCUT2D eigenvalue weighted by Crippen LogP contribution is -1.97. The Morgan fingerprint density at radius 1 is 1.82 bits per heavy atom. The number of hydrogen-bond donors (Lipinski definition) is 2. The van der Waals surface area contributed by atoms with Gasteiger partial charge in [0.05, 0.1) is 0 Å². The Kier molecular flexibility index (Phi) is 2.15. The highest BCUT2D eigenvalue weighted by Crippen LogP contribution is 2.35. The molecule has 1 atom stereocenters. The summed E-state index contributed by atoms with van der Waals surface area (Å²) in [5.74, 6) is -1.04. The molecule has 0 fully saturated rings. The molecule has 0 spiro atoms. The molecule has 0 amide bonds. The van der Waals surface area contributed by atoms with Crippen molar-refractivity contribution in [2.75, 3.05) is 5.73 Å². The number of nitrogen functional groups attached to an aromatic ring is 1. The molecule has 1 heterocycles. The number of nitrogens with two attached hydrogens (primary N) is 1. The van der Waals surface area contributed by atoms with E-state index in [0.717, 1.165) is 0 Å². The summed E-state index contributed by atoms with van der Waals surface area (Å²) in [5, 5.41) is 8.94. The fourth-order valence-corrected chi connectivity index (χ4v) is 2.18. The summed E-state index contributed by atoms with van der Waals surface area (Å²) in [6.07, 6.45) is 1.82. The third kappa shape index (κ3) is 1.36. The van der Waals surface area contributed by atoms with Crippen LogP contribution in [0.5, 0.6) is 0 Å². The maximum Gasteiger partial charge on any atom is 0.361 e. The van der Waals surface area contributed by atoms with Crippen molar-refractivity contribution in [1.29, 1.82) is 0 Å². The number of nitrogens with zero attached hydrogens (tertiary/aromatic N) is 1. The standard InChI is InChI=1S/C5H5BrN2O2S/c1-11-3(6)2(4(9)10)8-5(11)7/h1H3,(H2-,7,8,9,10)/p+1. The quantitative estimate of drug-likeness (QED) is 0.725. The topological polar surface area (TPSA) is 76.2 Å². The van der Waals surface area contributed by atoms with Gasteiger partial charge in [0.25, 0.3) is 3.79 Å². The van der Waals surface area contributed by atoms with Crippen LogP contribution in [0.4, 0.5) is 5.13 Å². The maximum absolute atomic E-state index is 10.5. The van der Waals surface area contributed by atoms with Crippen molar-refractivity contribution in [2.24, 2.45) is 6.26 Å². The molecule has 0 aliphatic carbocycles. The molecule has 0 bridgehead atoms. The number of anilines is 1. The summed E-state index contributed by atoms with van der Waals surface area (Å²) in [6, 6.07) is 0. The van der Waals surface area contributed by atoms with E-state index in [4.69, 9.17) is 10.8 Å². The van der Waals surface area contributed by atoms with Gasteiger partial charge < -0.3 is 10.8 Å². The van der Waals surface area contributed by atoms with Gasteiger partial charge in [-0.3, -0.25) is 0 Å². The summed E-state index contributed by atoms with van der Waals surface area (Å²) in [5.41, 5.74) is 5.45. The number of carbonyl (C=O) groups is 1. The van der Waals surface area contributed by atoms with Crippen LogP contribution in [-0.4, -0.2) is 16.1 Å². The minimum Gasteiger partial charge on any atom is -0.476 e. The number of rotatable bonds is 1. The second-order valence-corrected chi connectivity index (χ2v) is 5.05. The summed E-state index contributed by atoms with van der Waals surface area (Å²) in [4.78, 5) is 14.1. The Labute approximate surface area is 74.2 Å². The van der Waals surface area contributed by atoms with E-state index in [1.165, 1.54) is 0 Å². The van der Waals surface area contributed by atoms with Gasteiger partial charge in [0.1, 0.15) is 6.26 Å². The van der Waals surface area contributed by atoms with Crippen LogP contribution >= 0.6 is 26.4 Å². The third-order valence-corrected chi connectivity index (χ3v) is 4.48. The van der Waals surface area contributed by atoms with Crippen molar-refractivity contribution in [2.45, 2.75) is 0 Å². The predicted octanol–water partition coefficient (Wildman–Crippen LogP) is 1.41. The SMILES string of the molecule is C[s+]1c(N)nc(C(=O)O)c1Br. The minimum atomic E-state index is -1.04. The second-order valence-electron chi connectivity index (χ2n) is 1.89. The number of aromatic carboxylic acids is 1. The van der Waals surface area contributed by atoms with Crippen molar-refractivity contribution in [3.05, 3.63) is 9.48 Å². The van der Waals surface area contributed by atoms with E-state index in [-0.39, 0.29) is 16.2 Å². The van der Waals surface area contributed by atoms with Gasteiger partial charge in [-0.15, -0.1) is 0 Å². The molecule has 1 rings (SSSR count). The monoisotopic (exact) mass is 237 g/mol. The zero-order chi connectivity index (χ0) is 8.59. The van der Waals surface area contributed by atoms with E-state index in [2.05, 4.69) is 20.9 Å². The molecule has 11 heavy (non-hydrogen) atoms. The van der Waals surface area contributed by atoms with Gasteiger partial charge in [-0.05, 0) is 0 Å². The van der Waals surface area contributed by atoms with Crippen molar-refractivity contribution in [1.82, 2.24) is 4.98 Å². The first-order valence-corrected chi connectivity index (χ1v) is 5.10. The Morgan fingerprint density at radius 3 is 2.55 bits per heavy atom. The molecule has 6 heteroatoms. The summed E-state index contributed by atoms with van der Waals surface area (Å²) < 4.78 is 0.572. The van der Waals surface area contributed by atoms with Crippen LogP contribution in [0.2, 0.25) is 0 Å². The maximum atomic E-state index is 10.5. The van der Waals surface area contributed by atoms with Gasteiger partial charge in [0.2, 0.25) is 5.69 Å². The van der Waals surface area contributed by atoms with Crippen molar-refractivity contribution >= 4 is 37.5 Å². The first-order valence-electron chi connectivity index (χ1n) is 2.67. The third-order valence-electron chi connectivity index (χ3n) is 1.19. The molecule has 3 N–H and O–H groups in total. The molecule has 4 nitrogen and oxygen atoms in total. The molecule has 0 aliphatic rings. The molecule has 0 saturated heterocycles. The molecular formula is C5H6BrN2O2S+. The molecule has 0 saturated carbocycles. The zero-order valence-electron chi connectivity index (χ0n) is 5.67. The van der Waals surface area contributed by atoms with Crippen molar-refractivity contribution in [3.63, 3.8) is 0 Å². The highest BCUT2D eigenvalue weighted by atomic mass is 79.9. The molecule has 1 aromatic heterocycles. The molecule has 0 aliphatic heterocycles. The second kappa shape index (κ2) is 2.78. The lowest BCUT2D eigenvalue weighted by atomic mass is 10.5. The Bertz CT molecular complexity index is 310. The number of halogens is 1. The van der Waals surface area contributed by atoms with Crippen LogP contribution in [0.3, 0.4) is 0 Å². The van der Waals surface area contributed by atoms with Gasteiger partial charge in [-0.1, -0.05) is 0 Å². The molecule has 0 aromatic carbocycles. The molecular weight excluding hydrogens is 232 g/mol. The lowest BCUT2D eigenvalue weighted by molar-refractivity contribution is 0.0690. The summed E-state index contributed by atoms with van der Waals surface area (Å²) in [6.45, 7) is 0. The fraction of sp³-hybridized carbons (Fsp3) is 0.200. The number of aromatic nitrogens is 1. The van der Waals surface area contributed by atoms with Gasteiger partial charge in [-0.2, -0.15) is 4.98 Å². The average molecular weight is 238 g/mol. The van der Waals surface area contributed by atoms with Gasteiger partial charge in [0, 0.05) is 26.4 Å². The summed E-state index contributed by atoms with van der Waals surface area (Å²) in [7, 11) is -0.370. The van der Waals surface area contributed by atoms with Crippen LogP contribution in [0, 0.1) is 0 Å². The molecule has 0 radical (unpaired) electrons. The summed E-state index contributed by atoms with van der Waals surface area (Å²) >= 11 is 3.13. The zero-order valence-corrected chi connectivity index (χ0v) is 8.07. The van der Waals surface area contributed by atoms with Crippen LogP contribution in [0.15, 0.2) is 3.79 Å². The molecule has 1 unspecified atom stereocenters. The number of carboxylic acid groups (broad SMARTS) is 1. The first kappa shape index (κ1) is 8.48. The number of thiazole rings is 1. The van der Waals surface area contributed by atoms with Gasteiger partial charge in [0.15, 0.2) is 0 Å². The highest BCUT2D eigenvalue weighted by molar-refractivity contribution is 9.11. The van der Waals surface area contributed by atoms with Gasteiger partial charge >= 0.3 is 11.1 Å². The van der Waals surface area contributed by atoms with Gasteiger partial charge in [-0.25, -0.2) is 4.79 Å². The fourth-order valence-electron chi connectivity index (χ4n) is 0.591. The van der Waals surface area contributed by atoms with Crippen LogP contribution in [0.1, 0.15) is 10.5 Å². The molecule has 1 aromatic rings. The normalized spacial score (nSPS) is 11.6. The van der Waals surface area contributed by atoms with Crippen LogP contribution in [-0.2, 0) is 6.26 Å². The van der Waals surface area contributed by atoms with Crippen LogP contribution in [0.25, 0.3) is 0 Å². The van der Waals surface area contributed by atoms with Crippen LogP contribution < -0.4 is 5.73 Å². The van der Waals surface area contributed by atoms with E-state index in [1.807, 2.05) is 6.26 Å². The van der Waals surface area contributed by atoms with Crippen molar-refractivity contribution < 1.29 is 9.90 Å². The predicted molar refractivity (Wildman–Crippen MR) is 46.8 cm³/mol. The average Bonchev–Trinajstić information content (AvgIpc) is 2.17. The smallest absolute Gasteiger partial charge is 0.361 e. The molecule has 60 valence electrons. The van der Waals surface area contributed by atoms with E-state index < -0.39 is 5.97 Å². The van der Waals surface area contributed by atoms with Crippen molar-refractivity contribution in [3.8, 4) is 0 Å². The van der Waals surface area contributed by atoms with E-state index in [0.29, 0.717) is 8.92 Å².